The van der Waals surface area contributed by atoms with Crippen LogP contribution in [-0.4, -0.2) is 36.9 Å². The van der Waals surface area contributed by atoms with Gasteiger partial charge in [-0.2, -0.15) is 4.31 Å². The molecule has 1 N–H and O–H groups in total. The fraction of sp³-hybridized carbons (Fsp3) is 0.462. The van der Waals surface area contributed by atoms with E-state index in [4.69, 9.17) is 16.7 Å². The van der Waals surface area contributed by atoms with Crippen LogP contribution >= 0.6 is 11.6 Å². The third-order valence-corrected chi connectivity index (χ3v) is 5.76. The van der Waals surface area contributed by atoms with Crippen LogP contribution in [-0.2, 0) is 10.0 Å². The highest BCUT2D eigenvalue weighted by atomic mass is 35.5. The maximum absolute atomic E-state index is 12.4. The van der Waals surface area contributed by atoms with Gasteiger partial charge in [-0.15, -0.1) is 0 Å². The minimum atomic E-state index is -3.59. The van der Waals surface area contributed by atoms with Crippen molar-refractivity contribution >= 4 is 27.6 Å². The number of rotatable bonds is 3. The normalized spacial score (nSPS) is 18.1. The molecular weight excluding hydrogens is 302 g/mol. The van der Waals surface area contributed by atoms with Crippen LogP contribution in [0.25, 0.3) is 0 Å². The average Bonchev–Trinajstić information content (AvgIpc) is 2.38. The van der Waals surface area contributed by atoms with E-state index in [0.29, 0.717) is 19.0 Å². The number of sulfonamides is 1. The van der Waals surface area contributed by atoms with Crippen LogP contribution in [0.2, 0.25) is 5.02 Å². The lowest BCUT2D eigenvalue weighted by Crippen LogP contribution is -2.37. The van der Waals surface area contributed by atoms with Gasteiger partial charge in [-0.05, 0) is 37.0 Å². The molecule has 0 saturated carbocycles. The first-order valence-corrected chi connectivity index (χ1v) is 8.17. The molecule has 0 radical (unpaired) electrons. The second kappa shape index (κ2) is 5.71. The minimum Gasteiger partial charge on any atom is -0.478 e. The van der Waals surface area contributed by atoms with E-state index in [9.17, 15) is 13.2 Å². The summed E-state index contributed by atoms with van der Waals surface area (Å²) in [5.74, 6) is -0.648. The van der Waals surface area contributed by atoms with Crippen LogP contribution in [0.3, 0.4) is 0 Å². The fourth-order valence-electron chi connectivity index (χ4n) is 2.20. The summed E-state index contributed by atoms with van der Waals surface area (Å²) in [6.45, 7) is 3.08. The minimum absolute atomic E-state index is 0.0436. The zero-order valence-corrected chi connectivity index (χ0v) is 12.6. The molecule has 1 aliphatic heterocycles. The Kier molecular flexibility index (Phi) is 4.36. The number of benzene rings is 1. The van der Waals surface area contributed by atoms with Gasteiger partial charge in [0.2, 0.25) is 10.0 Å². The standard InChI is InChI=1S/C13H16ClNO4S/c1-9-4-6-15(7-5-9)20(18,19)10-2-3-11(13(16)17)12(14)8-10/h2-3,8-9H,4-7H2,1H3,(H,16,17). The summed E-state index contributed by atoms with van der Waals surface area (Å²) in [7, 11) is -3.59. The zero-order chi connectivity index (χ0) is 14.9. The van der Waals surface area contributed by atoms with E-state index in [1.807, 2.05) is 0 Å². The summed E-state index contributed by atoms with van der Waals surface area (Å²) in [5, 5.41) is 8.83. The molecule has 0 amide bonds. The lowest BCUT2D eigenvalue weighted by atomic mass is 10.0. The lowest BCUT2D eigenvalue weighted by Gasteiger charge is -2.29. The van der Waals surface area contributed by atoms with E-state index >= 15 is 0 Å². The Bertz CT molecular complexity index is 621. The molecule has 110 valence electrons. The number of halogens is 1. The third kappa shape index (κ3) is 2.97. The molecule has 1 aromatic carbocycles. The molecule has 0 aromatic heterocycles. The molecule has 1 aromatic rings. The van der Waals surface area contributed by atoms with E-state index in [-0.39, 0.29) is 15.5 Å². The molecule has 0 aliphatic carbocycles. The Morgan fingerprint density at radius 2 is 1.95 bits per heavy atom. The quantitative estimate of drug-likeness (QED) is 0.929. The van der Waals surface area contributed by atoms with Crippen molar-refractivity contribution in [2.24, 2.45) is 5.92 Å². The highest BCUT2D eigenvalue weighted by Gasteiger charge is 2.28. The predicted molar refractivity (Wildman–Crippen MR) is 75.6 cm³/mol. The van der Waals surface area contributed by atoms with Crippen molar-refractivity contribution in [1.29, 1.82) is 0 Å². The van der Waals surface area contributed by atoms with E-state index in [1.165, 1.54) is 22.5 Å². The SMILES string of the molecule is CC1CCN(S(=O)(=O)c2ccc(C(=O)O)c(Cl)c2)CC1. The number of carbonyl (C=O) groups is 1. The molecule has 7 heteroatoms. The Labute approximate surface area is 123 Å². The van der Waals surface area contributed by atoms with Crippen molar-refractivity contribution in [2.75, 3.05) is 13.1 Å². The second-order valence-electron chi connectivity index (χ2n) is 5.03. The lowest BCUT2D eigenvalue weighted by molar-refractivity contribution is 0.0697. The summed E-state index contributed by atoms with van der Waals surface area (Å²) in [6.07, 6.45) is 1.67. The van der Waals surface area contributed by atoms with Crippen LogP contribution in [0.1, 0.15) is 30.1 Å². The molecule has 1 heterocycles. The van der Waals surface area contributed by atoms with Crippen molar-refractivity contribution in [1.82, 2.24) is 4.31 Å². The molecule has 0 unspecified atom stereocenters. The van der Waals surface area contributed by atoms with Gasteiger partial charge in [-0.3, -0.25) is 0 Å². The summed E-state index contributed by atoms with van der Waals surface area (Å²) < 4.78 is 26.3. The van der Waals surface area contributed by atoms with Gasteiger partial charge in [0.15, 0.2) is 0 Å². The van der Waals surface area contributed by atoms with Gasteiger partial charge in [0.05, 0.1) is 15.5 Å². The maximum Gasteiger partial charge on any atom is 0.337 e. The predicted octanol–water partition coefficient (Wildman–Crippen LogP) is 2.46. The number of hydrogen-bond acceptors (Lipinski definition) is 3. The highest BCUT2D eigenvalue weighted by Crippen LogP contribution is 2.26. The number of piperidine rings is 1. The average molecular weight is 318 g/mol. The first-order valence-electron chi connectivity index (χ1n) is 6.35. The molecule has 2 rings (SSSR count). The van der Waals surface area contributed by atoms with Crippen molar-refractivity contribution in [3.05, 3.63) is 28.8 Å². The van der Waals surface area contributed by atoms with Crippen molar-refractivity contribution in [3.63, 3.8) is 0 Å². The topological polar surface area (TPSA) is 74.7 Å². The van der Waals surface area contributed by atoms with Gasteiger partial charge < -0.3 is 5.11 Å². The Hall–Kier alpha value is -1.11. The Morgan fingerprint density at radius 1 is 1.35 bits per heavy atom. The summed E-state index contributed by atoms with van der Waals surface area (Å²) >= 11 is 5.83. The second-order valence-corrected chi connectivity index (χ2v) is 7.38. The first kappa shape index (κ1) is 15.3. The molecule has 0 spiro atoms. The number of aromatic carboxylic acids is 1. The Balaban J connectivity index is 2.30. The third-order valence-electron chi connectivity index (χ3n) is 3.55. The van der Waals surface area contributed by atoms with Gasteiger partial charge >= 0.3 is 5.97 Å². The van der Waals surface area contributed by atoms with Crippen molar-refractivity contribution in [2.45, 2.75) is 24.7 Å². The highest BCUT2D eigenvalue weighted by molar-refractivity contribution is 7.89. The number of carboxylic acid groups (broad SMARTS) is 1. The molecule has 1 aliphatic rings. The van der Waals surface area contributed by atoms with Gasteiger partial charge in [-0.1, -0.05) is 18.5 Å². The number of hydrogen-bond donors (Lipinski definition) is 1. The molecule has 20 heavy (non-hydrogen) atoms. The zero-order valence-electron chi connectivity index (χ0n) is 11.0. The van der Waals surface area contributed by atoms with E-state index in [1.54, 1.807) is 0 Å². The van der Waals surface area contributed by atoms with Crippen molar-refractivity contribution in [3.8, 4) is 0 Å². The number of nitrogens with zero attached hydrogens (tertiary/aromatic N) is 1. The molecule has 5 nitrogen and oxygen atoms in total. The summed E-state index contributed by atoms with van der Waals surface area (Å²) in [4.78, 5) is 10.9. The van der Waals surface area contributed by atoms with Crippen LogP contribution in [0, 0.1) is 5.92 Å². The van der Waals surface area contributed by atoms with Gasteiger partial charge in [-0.25, -0.2) is 13.2 Å². The van der Waals surface area contributed by atoms with Crippen LogP contribution in [0.15, 0.2) is 23.1 Å². The largest absolute Gasteiger partial charge is 0.478 e. The summed E-state index contributed by atoms with van der Waals surface area (Å²) in [5.41, 5.74) is -0.0992. The van der Waals surface area contributed by atoms with E-state index in [0.717, 1.165) is 12.8 Å². The molecule has 0 atom stereocenters. The molecular formula is C13H16ClNO4S. The van der Waals surface area contributed by atoms with Gasteiger partial charge in [0.25, 0.3) is 0 Å². The van der Waals surface area contributed by atoms with Crippen LogP contribution in [0.4, 0.5) is 0 Å². The number of carboxylic acids is 1. The van der Waals surface area contributed by atoms with E-state index in [2.05, 4.69) is 6.92 Å². The Morgan fingerprint density at radius 3 is 2.45 bits per heavy atom. The molecule has 1 fully saturated rings. The smallest absolute Gasteiger partial charge is 0.337 e. The summed E-state index contributed by atoms with van der Waals surface area (Å²) in [6, 6.07) is 3.73. The maximum atomic E-state index is 12.4. The van der Waals surface area contributed by atoms with Gasteiger partial charge in [0.1, 0.15) is 0 Å². The van der Waals surface area contributed by atoms with Crippen LogP contribution < -0.4 is 0 Å². The van der Waals surface area contributed by atoms with Crippen LogP contribution in [0.5, 0.6) is 0 Å². The first-order chi connectivity index (χ1) is 9.32. The monoisotopic (exact) mass is 317 g/mol. The van der Waals surface area contributed by atoms with Gasteiger partial charge in [0, 0.05) is 13.1 Å². The molecule has 0 bridgehead atoms. The molecule has 1 saturated heterocycles. The fourth-order valence-corrected chi connectivity index (χ4v) is 4.03. The van der Waals surface area contributed by atoms with E-state index < -0.39 is 16.0 Å². The van der Waals surface area contributed by atoms with Crippen molar-refractivity contribution < 1.29 is 18.3 Å².